The summed E-state index contributed by atoms with van der Waals surface area (Å²) in [7, 11) is 0. The van der Waals surface area contributed by atoms with E-state index in [1.54, 1.807) is 0 Å². The van der Waals surface area contributed by atoms with Gasteiger partial charge in [0.15, 0.2) is 0 Å². The molecular weight excluding hydrogens is 515 g/mol. The molecule has 0 saturated heterocycles. The zero-order valence-electron chi connectivity index (χ0n) is 24.8. The minimum Gasteiger partial charge on any atom is -0.444 e. The van der Waals surface area contributed by atoms with Gasteiger partial charge in [-0.1, -0.05) is 11.2 Å². The highest BCUT2D eigenvalue weighted by Gasteiger charge is 2.31. The van der Waals surface area contributed by atoms with E-state index < -0.39 is 24.5 Å². The van der Waals surface area contributed by atoms with Crippen molar-refractivity contribution in [3.05, 3.63) is 35.5 Å². The van der Waals surface area contributed by atoms with E-state index >= 15 is 0 Å². The van der Waals surface area contributed by atoms with Crippen molar-refractivity contribution in [1.29, 1.82) is 1.34 Å². The van der Waals surface area contributed by atoms with Crippen LogP contribution in [0.25, 0.3) is 22.2 Å². The molecule has 0 unspecified atom stereocenters. The average molecular weight is 559 g/mol. The zero-order valence-corrected chi connectivity index (χ0v) is 24.7. The number of ether oxygens (including phenoxy) is 2. The summed E-state index contributed by atoms with van der Waals surface area (Å²) in [6, 6.07) is 5.92. The van der Waals surface area contributed by atoms with Crippen molar-refractivity contribution >= 4 is 36.3 Å². The first-order valence-electron chi connectivity index (χ1n) is 14.3. The molecule has 4 rings (SSSR count). The summed E-state index contributed by atoms with van der Waals surface area (Å²) in [6.07, 6.45) is 3.94. The van der Waals surface area contributed by atoms with E-state index in [0.717, 1.165) is 65.1 Å². The predicted molar refractivity (Wildman–Crippen MR) is 156 cm³/mol. The van der Waals surface area contributed by atoms with Gasteiger partial charge in [0, 0.05) is 26.2 Å². The molecule has 1 aliphatic rings. The Balaban J connectivity index is 1.77. The fourth-order valence-electron chi connectivity index (χ4n) is 5.46. The van der Waals surface area contributed by atoms with Gasteiger partial charge in [0.05, 0.1) is 28.9 Å². The minimum absolute atomic E-state index is 0.194. The highest BCUT2D eigenvalue weighted by Crippen LogP contribution is 2.38. The first-order valence-corrected chi connectivity index (χ1v) is 14.3. The van der Waals surface area contributed by atoms with E-state index in [1.165, 1.54) is 0 Å². The van der Waals surface area contributed by atoms with Gasteiger partial charge in [-0.15, -0.1) is 0 Å². The van der Waals surface area contributed by atoms with Crippen molar-refractivity contribution in [2.45, 2.75) is 97.4 Å². The number of rotatable bonds is 10. The SMILES string of the molecule is [3H]B(S)OCC[C@H](NC(=O)OC(C)(C)C)c1nc2cc(-c3c(C)noc3C)ccc2n1C1CCC(OCC)CC1. The molecule has 0 spiro atoms. The molecule has 1 amide bonds. The summed E-state index contributed by atoms with van der Waals surface area (Å²) < 4.78 is 32.3. The third kappa shape index (κ3) is 7.18. The number of hydrogen-bond donors (Lipinski definition) is 2. The van der Waals surface area contributed by atoms with Gasteiger partial charge in [0.2, 0.25) is 0 Å². The van der Waals surface area contributed by atoms with Crippen molar-refractivity contribution in [2.75, 3.05) is 13.2 Å². The first kappa shape index (κ1) is 28.0. The molecule has 1 N–H and O–H groups in total. The van der Waals surface area contributed by atoms with Crippen molar-refractivity contribution in [2.24, 2.45) is 0 Å². The van der Waals surface area contributed by atoms with Crippen LogP contribution in [-0.2, 0) is 14.1 Å². The van der Waals surface area contributed by atoms with Gasteiger partial charge in [0.25, 0.3) is 0 Å². The van der Waals surface area contributed by atoms with Crippen molar-refractivity contribution in [1.82, 2.24) is 20.0 Å². The maximum absolute atomic E-state index is 12.9. The molecule has 3 aromatic rings. The molecule has 1 aliphatic carbocycles. The van der Waals surface area contributed by atoms with Gasteiger partial charge >= 0.3 is 12.8 Å². The topological polar surface area (TPSA) is 101 Å². The molecule has 9 nitrogen and oxygen atoms in total. The van der Waals surface area contributed by atoms with Crippen LogP contribution in [0.1, 0.15) is 89.2 Å². The van der Waals surface area contributed by atoms with Crippen LogP contribution in [0, 0.1) is 13.8 Å². The molecule has 0 aliphatic heterocycles. The number of thiol groups is 1. The monoisotopic (exact) mass is 558 g/mol. The molecule has 2 aromatic heterocycles. The lowest BCUT2D eigenvalue weighted by molar-refractivity contribution is 0.0270. The minimum atomic E-state index is -0.965. The second-order valence-electron chi connectivity index (χ2n) is 11.1. The summed E-state index contributed by atoms with van der Waals surface area (Å²) in [5.74, 6) is 1.49. The number of alkyl carbamates (subject to hydrolysis) is 1. The van der Waals surface area contributed by atoms with Crippen molar-refractivity contribution in [3.63, 3.8) is 0 Å². The molecular formula is C28H41BN4O5S. The van der Waals surface area contributed by atoms with Crippen LogP contribution in [-0.4, -0.2) is 53.8 Å². The number of amides is 1. The van der Waals surface area contributed by atoms with Crippen LogP contribution >= 0.6 is 12.5 Å². The Hall–Kier alpha value is -2.50. The second kappa shape index (κ2) is 12.8. The smallest absolute Gasteiger partial charge is 0.408 e. The number of aromatic nitrogens is 3. The Morgan fingerprint density at radius 1 is 1.31 bits per heavy atom. The number of fused-ring (bicyclic) bond motifs is 1. The number of imidazole rings is 1. The van der Waals surface area contributed by atoms with E-state index in [9.17, 15) is 4.79 Å². The lowest BCUT2D eigenvalue weighted by Gasteiger charge is -2.32. The quantitative estimate of drug-likeness (QED) is 0.233. The molecule has 0 bridgehead atoms. The highest BCUT2D eigenvalue weighted by atomic mass is 32.1. The number of carbonyl (C=O) groups is 1. The van der Waals surface area contributed by atoms with Crippen molar-refractivity contribution in [3.8, 4) is 11.1 Å². The standard InChI is InChI=1S/C28H41BN4O5S/c1-7-35-21-11-9-20(10-12-21)33-24-13-8-19(25-17(2)32-38-18(25)3)16-23(24)30-26(33)22(14-15-36-29-39)31-27(34)37-28(4,5)6/h8,13,16,20-22,29,39H,7,9-12,14-15H2,1-6H3,(H,31,34)/t20?,21?,22-/m0/s1/i29T. The third-order valence-electron chi connectivity index (χ3n) is 7.05. The maximum Gasteiger partial charge on any atom is 0.408 e. The molecule has 212 valence electrons. The Kier molecular flexibility index (Phi) is 9.19. The van der Waals surface area contributed by atoms with Crippen LogP contribution in [0.4, 0.5) is 4.79 Å². The Bertz CT molecular complexity index is 1280. The Labute approximate surface area is 238 Å². The molecule has 11 heteroatoms. The molecule has 0 radical (unpaired) electrons. The maximum atomic E-state index is 12.9. The van der Waals surface area contributed by atoms with E-state index in [2.05, 4.69) is 45.7 Å². The molecule has 1 fully saturated rings. The number of benzene rings is 1. The molecule has 39 heavy (non-hydrogen) atoms. The summed E-state index contributed by atoms with van der Waals surface area (Å²) in [6.45, 7) is 11.3. The fourth-order valence-corrected chi connectivity index (χ4v) is 5.56. The van der Waals surface area contributed by atoms with Crippen LogP contribution < -0.4 is 5.32 Å². The summed E-state index contributed by atoms with van der Waals surface area (Å²) in [5.41, 5.74) is 3.93. The highest BCUT2D eigenvalue weighted by molar-refractivity contribution is 8.06. The third-order valence-corrected chi connectivity index (χ3v) is 7.20. The van der Waals surface area contributed by atoms with Crippen LogP contribution in [0.15, 0.2) is 22.7 Å². The normalized spacial score (nSPS) is 19.1. The number of nitrogens with zero attached hydrogens (tertiary/aromatic N) is 3. The fraction of sp³-hybridized carbons (Fsp3) is 0.607. The van der Waals surface area contributed by atoms with E-state index in [1.807, 2.05) is 41.5 Å². The Morgan fingerprint density at radius 2 is 2.05 bits per heavy atom. The summed E-state index contributed by atoms with van der Waals surface area (Å²) >= 11 is 4.03. The van der Waals surface area contributed by atoms with Gasteiger partial charge in [-0.2, -0.15) is 12.5 Å². The van der Waals surface area contributed by atoms with E-state index in [0.29, 0.717) is 13.0 Å². The number of aryl methyl sites for hydroxylation is 2. The predicted octanol–water partition coefficient (Wildman–Crippen LogP) is 6.00. The molecule has 1 aromatic carbocycles. The largest absolute Gasteiger partial charge is 0.444 e. The number of carbonyl (C=O) groups excluding carboxylic acids is 1. The van der Waals surface area contributed by atoms with Crippen LogP contribution in [0.5, 0.6) is 0 Å². The van der Waals surface area contributed by atoms with Crippen LogP contribution in [0.3, 0.4) is 0 Å². The summed E-state index contributed by atoms with van der Waals surface area (Å²) in [4.78, 5) is 18.1. The van der Waals surface area contributed by atoms with E-state index in [4.69, 9.17) is 25.0 Å². The first-order chi connectivity index (χ1) is 19.0. The molecule has 1 atom stereocenters. The molecule has 2 heterocycles. The number of nitrogens with one attached hydrogen (secondary N) is 1. The number of hydrogen-bond acceptors (Lipinski definition) is 8. The Morgan fingerprint density at radius 3 is 2.67 bits per heavy atom. The second-order valence-corrected chi connectivity index (χ2v) is 11.3. The average Bonchev–Trinajstić information content (AvgIpc) is 3.41. The summed E-state index contributed by atoms with van der Waals surface area (Å²) in [5, 5.41) is 7.15. The van der Waals surface area contributed by atoms with Gasteiger partial charge in [-0.25, -0.2) is 9.78 Å². The zero-order chi connectivity index (χ0) is 29.0. The van der Waals surface area contributed by atoms with Gasteiger partial charge in [-0.3, -0.25) is 0 Å². The van der Waals surface area contributed by atoms with Crippen molar-refractivity contribution < 1.29 is 23.4 Å². The van der Waals surface area contributed by atoms with Gasteiger partial charge in [-0.05, 0) is 91.3 Å². The van der Waals surface area contributed by atoms with Gasteiger partial charge in [0.1, 0.15) is 17.2 Å². The molecule has 1 saturated carbocycles. The lowest BCUT2D eigenvalue weighted by atomic mass is 9.92. The van der Waals surface area contributed by atoms with Gasteiger partial charge < -0.3 is 28.5 Å². The lowest BCUT2D eigenvalue weighted by Crippen LogP contribution is -2.37. The van der Waals surface area contributed by atoms with Crippen LogP contribution in [0.2, 0.25) is 0 Å². The van der Waals surface area contributed by atoms with E-state index in [-0.39, 0.29) is 18.8 Å².